The second-order valence-electron chi connectivity index (χ2n) is 4.90. The number of nitrogens with one attached hydrogen (secondary N) is 1. The van der Waals surface area contributed by atoms with Crippen LogP contribution >= 0.6 is 0 Å². The van der Waals surface area contributed by atoms with Crippen LogP contribution in [0.4, 0.5) is 17.1 Å². The van der Waals surface area contributed by atoms with Crippen molar-refractivity contribution in [3.05, 3.63) is 38.4 Å². The molecular weight excluding hydrogens is 264 g/mol. The molecule has 20 heavy (non-hydrogen) atoms. The maximum absolute atomic E-state index is 10.9. The van der Waals surface area contributed by atoms with Crippen LogP contribution < -0.4 is 5.43 Å². The zero-order chi connectivity index (χ0) is 14.9. The lowest BCUT2D eigenvalue weighted by Crippen LogP contribution is -2.03. The predicted molar refractivity (Wildman–Crippen MR) is 73.8 cm³/mol. The van der Waals surface area contributed by atoms with Crippen LogP contribution in [-0.2, 0) is 0 Å². The summed E-state index contributed by atoms with van der Waals surface area (Å²) in [4.78, 5) is 20.2. The van der Waals surface area contributed by atoms with Crippen LogP contribution in [0.1, 0.15) is 20.3 Å². The lowest BCUT2D eigenvalue weighted by atomic mass is 10.2. The van der Waals surface area contributed by atoms with E-state index in [1.54, 1.807) is 0 Å². The van der Waals surface area contributed by atoms with Crippen molar-refractivity contribution in [1.29, 1.82) is 0 Å². The first-order valence-electron chi connectivity index (χ1n) is 6.13. The van der Waals surface area contributed by atoms with Crippen molar-refractivity contribution in [3.8, 4) is 0 Å². The molecule has 106 valence electrons. The molecule has 1 aliphatic carbocycles. The fourth-order valence-electron chi connectivity index (χ4n) is 2.01. The molecule has 0 spiro atoms. The minimum absolute atomic E-state index is 0.147. The normalized spacial score (nSPS) is 21.4. The third kappa shape index (κ3) is 2.90. The summed E-state index contributed by atoms with van der Waals surface area (Å²) in [5.41, 5.74) is 2.97. The van der Waals surface area contributed by atoms with E-state index < -0.39 is 9.85 Å². The van der Waals surface area contributed by atoms with Gasteiger partial charge in [-0.2, -0.15) is 5.10 Å². The van der Waals surface area contributed by atoms with E-state index in [-0.39, 0.29) is 17.1 Å². The van der Waals surface area contributed by atoms with Crippen LogP contribution in [0.5, 0.6) is 0 Å². The Bertz CT molecular complexity index is 599. The van der Waals surface area contributed by atoms with Gasteiger partial charge in [0, 0.05) is 17.7 Å². The molecule has 1 fully saturated rings. The molecule has 0 aromatic heterocycles. The molecule has 0 amide bonds. The Hall–Kier alpha value is -2.51. The first-order valence-corrected chi connectivity index (χ1v) is 6.13. The van der Waals surface area contributed by atoms with Gasteiger partial charge in [-0.05, 0) is 25.3 Å². The molecule has 2 atom stereocenters. The highest BCUT2D eigenvalue weighted by Crippen LogP contribution is 2.39. The molecular formula is C12H14N4O4. The monoisotopic (exact) mass is 278 g/mol. The van der Waals surface area contributed by atoms with Crippen LogP contribution in [0.3, 0.4) is 0 Å². The summed E-state index contributed by atoms with van der Waals surface area (Å²) in [5.74, 6) is 1.01. The molecule has 0 radical (unpaired) electrons. The smallest absolute Gasteiger partial charge is 0.272 e. The van der Waals surface area contributed by atoms with E-state index in [1.807, 2.05) is 6.92 Å². The van der Waals surface area contributed by atoms with Crippen molar-refractivity contribution in [2.75, 3.05) is 5.43 Å². The van der Waals surface area contributed by atoms with E-state index in [2.05, 4.69) is 17.5 Å². The number of hydrogen-bond donors (Lipinski definition) is 1. The molecule has 0 heterocycles. The van der Waals surface area contributed by atoms with E-state index >= 15 is 0 Å². The van der Waals surface area contributed by atoms with Gasteiger partial charge in [0.25, 0.3) is 5.69 Å². The van der Waals surface area contributed by atoms with Crippen LogP contribution in [0.15, 0.2) is 23.3 Å². The number of benzene rings is 1. The molecule has 1 saturated carbocycles. The van der Waals surface area contributed by atoms with Gasteiger partial charge >= 0.3 is 5.69 Å². The fourth-order valence-corrected chi connectivity index (χ4v) is 2.01. The van der Waals surface area contributed by atoms with Crippen LogP contribution in [0.2, 0.25) is 0 Å². The summed E-state index contributed by atoms with van der Waals surface area (Å²) in [6.07, 6.45) is 1.07. The van der Waals surface area contributed by atoms with Gasteiger partial charge in [0.1, 0.15) is 5.69 Å². The Labute approximate surface area is 114 Å². The topological polar surface area (TPSA) is 111 Å². The lowest BCUT2D eigenvalue weighted by molar-refractivity contribution is -0.393. The minimum atomic E-state index is -0.669. The van der Waals surface area contributed by atoms with Gasteiger partial charge in [-0.25, -0.2) is 0 Å². The lowest BCUT2D eigenvalue weighted by Gasteiger charge is -2.04. The Morgan fingerprint density at radius 2 is 2.00 bits per heavy atom. The van der Waals surface area contributed by atoms with Crippen LogP contribution in [-0.4, -0.2) is 15.6 Å². The van der Waals surface area contributed by atoms with E-state index in [4.69, 9.17) is 0 Å². The van der Waals surface area contributed by atoms with Crippen molar-refractivity contribution >= 4 is 22.8 Å². The maximum Gasteiger partial charge on any atom is 0.301 e. The van der Waals surface area contributed by atoms with Gasteiger partial charge in [0.05, 0.1) is 15.9 Å². The highest BCUT2D eigenvalue weighted by molar-refractivity contribution is 5.87. The third-order valence-corrected chi connectivity index (χ3v) is 3.39. The highest BCUT2D eigenvalue weighted by Gasteiger charge is 2.35. The average Bonchev–Trinajstić information content (AvgIpc) is 3.12. The number of nitro groups is 2. The molecule has 1 aromatic carbocycles. The van der Waals surface area contributed by atoms with Gasteiger partial charge < -0.3 is 0 Å². The molecule has 0 aliphatic heterocycles. The van der Waals surface area contributed by atoms with E-state index in [0.717, 1.165) is 18.2 Å². The SMILES string of the molecule is CC(=NNc1ccc([N+](=O)[O-])cc1[N+](=O)[O-])C1CC1C. The molecule has 1 aliphatic rings. The highest BCUT2D eigenvalue weighted by atomic mass is 16.6. The van der Waals surface area contributed by atoms with Gasteiger partial charge in [-0.3, -0.25) is 25.7 Å². The molecule has 1 N–H and O–H groups in total. The number of non-ortho nitro benzene ring substituents is 1. The quantitative estimate of drug-likeness (QED) is 0.505. The first kappa shape index (κ1) is 13.9. The van der Waals surface area contributed by atoms with Crippen molar-refractivity contribution in [1.82, 2.24) is 0 Å². The molecule has 8 nitrogen and oxygen atoms in total. The fraction of sp³-hybridized carbons (Fsp3) is 0.417. The Balaban J connectivity index is 2.22. The predicted octanol–water partition coefficient (Wildman–Crippen LogP) is 2.95. The average molecular weight is 278 g/mol. The maximum atomic E-state index is 10.9. The molecule has 0 saturated heterocycles. The Kier molecular flexibility index (Phi) is 3.64. The zero-order valence-electron chi connectivity index (χ0n) is 11.1. The third-order valence-electron chi connectivity index (χ3n) is 3.39. The van der Waals surface area contributed by atoms with Gasteiger partial charge in [-0.15, -0.1) is 0 Å². The number of nitrogens with zero attached hydrogens (tertiary/aromatic N) is 3. The van der Waals surface area contributed by atoms with Gasteiger partial charge in [0.15, 0.2) is 0 Å². The summed E-state index contributed by atoms with van der Waals surface area (Å²) < 4.78 is 0. The second-order valence-corrected chi connectivity index (χ2v) is 4.90. The van der Waals surface area contributed by atoms with Crippen LogP contribution in [0.25, 0.3) is 0 Å². The van der Waals surface area contributed by atoms with E-state index in [9.17, 15) is 20.2 Å². The largest absolute Gasteiger partial charge is 0.301 e. The van der Waals surface area contributed by atoms with Gasteiger partial charge in [-0.1, -0.05) is 6.92 Å². The number of anilines is 1. The number of nitro benzene ring substituents is 2. The standard InChI is InChI=1S/C12H14N4O4/c1-7-5-10(7)8(2)13-14-11-4-3-9(15(17)18)6-12(11)16(19)20/h3-4,6-7,10,14H,5H2,1-2H3. The van der Waals surface area contributed by atoms with E-state index in [1.165, 1.54) is 12.1 Å². The molecule has 2 unspecified atom stereocenters. The van der Waals surface area contributed by atoms with Crippen LogP contribution in [0, 0.1) is 32.1 Å². The number of hydrogen-bond acceptors (Lipinski definition) is 6. The van der Waals surface area contributed by atoms with Crippen molar-refractivity contribution in [2.24, 2.45) is 16.9 Å². The van der Waals surface area contributed by atoms with Crippen molar-refractivity contribution in [2.45, 2.75) is 20.3 Å². The van der Waals surface area contributed by atoms with Crippen molar-refractivity contribution < 1.29 is 9.85 Å². The zero-order valence-corrected chi connectivity index (χ0v) is 11.1. The summed E-state index contributed by atoms with van der Waals surface area (Å²) in [5, 5.41) is 25.7. The minimum Gasteiger partial charge on any atom is -0.272 e. The molecule has 0 bridgehead atoms. The first-order chi connectivity index (χ1) is 9.40. The Morgan fingerprint density at radius 1 is 1.35 bits per heavy atom. The van der Waals surface area contributed by atoms with Crippen molar-refractivity contribution in [3.63, 3.8) is 0 Å². The Morgan fingerprint density at radius 3 is 2.50 bits per heavy atom. The van der Waals surface area contributed by atoms with Gasteiger partial charge in [0.2, 0.25) is 0 Å². The number of rotatable bonds is 5. The number of hydrazone groups is 1. The molecule has 2 rings (SSSR count). The summed E-state index contributed by atoms with van der Waals surface area (Å²) in [6, 6.07) is 3.43. The summed E-state index contributed by atoms with van der Waals surface area (Å²) in [6.45, 7) is 3.97. The summed E-state index contributed by atoms with van der Waals surface area (Å²) in [7, 11) is 0. The molecule has 1 aromatic rings. The summed E-state index contributed by atoms with van der Waals surface area (Å²) >= 11 is 0. The molecule has 8 heteroatoms. The van der Waals surface area contributed by atoms with E-state index in [0.29, 0.717) is 11.8 Å². The second kappa shape index (κ2) is 5.24.